The van der Waals surface area contributed by atoms with E-state index in [4.69, 9.17) is 28.4 Å². The Balaban J connectivity index is 1.73. The van der Waals surface area contributed by atoms with Crippen LogP contribution < -0.4 is 0 Å². The van der Waals surface area contributed by atoms with Crippen LogP contribution in [0.3, 0.4) is 0 Å². The first kappa shape index (κ1) is 73.5. The van der Waals surface area contributed by atoms with Gasteiger partial charge in [0, 0.05) is 13.0 Å². The number of ether oxygens (including phenoxy) is 6. The summed E-state index contributed by atoms with van der Waals surface area (Å²) in [6, 6.07) is 0. The molecular weight excluding hydrogens is 1030 g/mol. The normalized spacial score (nSPS) is 24.6. The maximum atomic E-state index is 13.1. The molecule has 2 fully saturated rings. The number of esters is 1. The molecule has 7 N–H and O–H groups in total. The van der Waals surface area contributed by atoms with Crippen molar-refractivity contribution in [3.8, 4) is 0 Å². The van der Waals surface area contributed by atoms with Gasteiger partial charge in [-0.2, -0.15) is 0 Å². The molecule has 462 valence electrons. The van der Waals surface area contributed by atoms with E-state index in [1.165, 1.54) is 57.8 Å². The predicted molar refractivity (Wildman–Crippen MR) is 325 cm³/mol. The van der Waals surface area contributed by atoms with E-state index in [1.807, 2.05) is 0 Å². The third-order valence-electron chi connectivity index (χ3n) is 14.0. The van der Waals surface area contributed by atoms with Gasteiger partial charge in [-0.05, 0) is 109 Å². The zero-order valence-corrected chi connectivity index (χ0v) is 49.7. The van der Waals surface area contributed by atoms with Crippen LogP contribution in [0.1, 0.15) is 194 Å². The van der Waals surface area contributed by atoms with Gasteiger partial charge in [-0.15, -0.1) is 0 Å². The summed E-state index contributed by atoms with van der Waals surface area (Å²) >= 11 is 0. The van der Waals surface area contributed by atoms with E-state index in [1.54, 1.807) is 0 Å². The topological polar surface area (TPSA) is 214 Å². The highest BCUT2D eigenvalue weighted by Gasteiger charge is 2.47. The Bertz CT molecular complexity index is 1800. The summed E-state index contributed by atoms with van der Waals surface area (Å²) in [4.78, 5) is 13.1. The molecule has 11 unspecified atom stereocenters. The summed E-state index contributed by atoms with van der Waals surface area (Å²) in [5.74, 6) is -0.416. The number of allylic oxidation sites excluding steroid dienone is 20. The maximum Gasteiger partial charge on any atom is 0.306 e. The van der Waals surface area contributed by atoms with E-state index in [2.05, 4.69) is 135 Å². The van der Waals surface area contributed by atoms with Crippen LogP contribution >= 0.6 is 0 Å². The summed E-state index contributed by atoms with van der Waals surface area (Å²) in [5.41, 5.74) is 0. The van der Waals surface area contributed by atoms with Crippen LogP contribution in [0, 0.1) is 0 Å². The Hall–Kier alpha value is -3.61. The fraction of sp³-hybridized carbons (Fsp3) is 0.687. The van der Waals surface area contributed by atoms with Crippen LogP contribution in [-0.2, 0) is 33.2 Å². The molecule has 2 saturated heterocycles. The molecule has 0 amide bonds. The summed E-state index contributed by atoms with van der Waals surface area (Å²) in [6.45, 7) is 3.48. The van der Waals surface area contributed by atoms with Gasteiger partial charge in [0.05, 0.1) is 26.4 Å². The fourth-order valence-electron chi connectivity index (χ4n) is 8.98. The van der Waals surface area contributed by atoms with Crippen molar-refractivity contribution in [3.05, 3.63) is 122 Å². The van der Waals surface area contributed by atoms with Gasteiger partial charge in [-0.25, -0.2) is 0 Å². The Morgan fingerprint density at radius 2 is 0.802 bits per heavy atom. The van der Waals surface area contributed by atoms with E-state index < -0.39 is 86.7 Å². The van der Waals surface area contributed by atoms with Crippen LogP contribution in [0.25, 0.3) is 0 Å². The van der Waals surface area contributed by atoms with Crippen LogP contribution in [0.5, 0.6) is 0 Å². The smallest absolute Gasteiger partial charge is 0.306 e. The lowest BCUT2D eigenvalue weighted by Crippen LogP contribution is -2.61. The first-order valence-corrected chi connectivity index (χ1v) is 31.1. The van der Waals surface area contributed by atoms with Crippen LogP contribution in [-0.4, -0.2) is 142 Å². The molecule has 14 heteroatoms. The molecule has 2 rings (SSSR count). The van der Waals surface area contributed by atoms with Crippen molar-refractivity contribution in [3.63, 3.8) is 0 Å². The lowest BCUT2D eigenvalue weighted by atomic mass is 9.98. The highest BCUT2D eigenvalue weighted by atomic mass is 16.7. The second-order valence-electron chi connectivity index (χ2n) is 21.1. The molecule has 0 aromatic carbocycles. The molecule has 0 saturated carbocycles. The van der Waals surface area contributed by atoms with Gasteiger partial charge in [-0.1, -0.05) is 200 Å². The molecule has 0 bridgehead atoms. The number of hydrogen-bond acceptors (Lipinski definition) is 14. The van der Waals surface area contributed by atoms with Crippen molar-refractivity contribution >= 4 is 5.97 Å². The number of aliphatic hydroxyl groups is 7. The lowest BCUT2D eigenvalue weighted by molar-refractivity contribution is -0.332. The number of aliphatic hydroxyl groups excluding tert-OH is 7. The monoisotopic (exact) mass is 1140 g/mol. The Morgan fingerprint density at radius 1 is 0.420 bits per heavy atom. The lowest BCUT2D eigenvalue weighted by Gasteiger charge is -2.42. The SMILES string of the molecule is CC/C=C\C/C=C\C/C=C\C/C=C\C/C=C\C/C=C\C/C=C\CCCCCC(=O)OC(COCCCCCCCCC/C=C\C/C=C\C/C=C\CCCCCCC)COC1OC(COC2OC(CO)C(O)C(O)C2O)C(O)C(O)C1O. The van der Waals surface area contributed by atoms with E-state index >= 15 is 0 Å². The molecule has 81 heavy (non-hydrogen) atoms. The van der Waals surface area contributed by atoms with E-state index in [0.29, 0.717) is 13.0 Å². The standard InChI is InChI=1S/C67H110O14/c1-3-5-7-9-11-13-15-17-19-21-23-25-27-28-29-30-32-34-36-38-40-42-44-46-48-50-59(69)79-56(53-76-51-49-47-45-43-41-39-37-35-33-31-26-24-22-20-18-16-14-12-10-8-6-4-2)54-77-66-65(75)63(73)61(71)58(81-66)55-78-67-64(74)62(72)60(70)57(52-68)80-67/h5,7,11,13,16-19,22-25,28-29,31-34,38,40,56-58,60-68,70-75H,3-4,6,8-10,12,14-15,20-21,26-27,30,35-37,39,41-55H2,1-2H3/b7-5-,13-11-,18-16-,19-17-,24-22-,25-23-,29-28-,33-31-,34-32-,40-38-. The molecule has 14 nitrogen and oxygen atoms in total. The Labute approximate surface area is 488 Å². The molecule has 0 spiro atoms. The quantitative estimate of drug-likeness (QED) is 0.0172. The summed E-state index contributed by atoms with van der Waals surface area (Å²) < 4.78 is 34.4. The van der Waals surface area contributed by atoms with Crippen molar-refractivity contribution in [1.82, 2.24) is 0 Å². The first-order chi connectivity index (χ1) is 39.6. The highest BCUT2D eigenvalue weighted by Crippen LogP contribution is 2.26. The molecule has 0 aromatic heterocycles. The van der Waals surface area contributed by atoms with Gasteiger partial charge in [0.2, 0.25) is 0 Å². The van der Waals surface area contributed by atoms with E-state index in [9.17, 15) is 40.5 Å². The molecular formula is C67H110O14. The second kappa shape index (κ2) is 52.0. The van der Waals surface area contributed by atoms with Gasteiger partial charge < -0.3 is 64.2 Å². The molecule has 2 aliphatic rings. The van der Waals surface area contributed by atoms with Crippen molar-refractivity contribution in [2.45, 2.75) is 261 Å². The van der Waals surface area contributed by atoms with Crippen LogP contribution in [0.2, 0.25) is 0 Å². The van der Waals surface area contributed by atoms with Crippen molar-refractivity contribution in [2.75, 3.05) is 33.0 Å². The molecule has 0 radical (unpaired) electrons. The van der Waals surface area contributed by atoms with Gasteiger partial charge in [0.15, 0.2) is 12.6 Å². The minimum Gasteiger partial charge on any atom is -0.457 e. The number of unbranched alkanes of at least 4 members (excludes halogenated alkanes) is 15. The molecule has 0 aliphatic carbocycles. The molecule has 2 heterocycles. The highest BCUT2D eigenvalue weighted by molar-refractivity contribution is 5.69. The Kier molecular flexibility index (Phi) is 47.2. The number of hydrogen-bond donors (Lipinski definition) is 7. The number of carbonyl (C=O) groups is 1. The average molecular weight is 1140 g/mol. The van der Waals surface area contributed by atoms with Gasteiger partial charge in [0.25, 0.3) is 0 Å². The number of rotatable bonds is 49. The van der Waals surface area contributed by atoms with Crippen molar-refractivity contribution in [2.24, 2.45) is 0 Å². The van der Waals surface area contributed by atoms with E-state index in [-0.39, 0.29) is 19.6 Å². The summed E-state index contributed by atoms with van der Waals surface area (Å²) in [6.07, 6.45) is 56.8. The predicted octanol–water partition coefficient (Wildman–Crippen LogP) is 12.1. The molecule has 2 aliphatic heterocycles. The maximum absolute atomic E-state index is 13.1. The third kappa shape index (κ3) is 38.1. The summed E-state index contributed by atoms with van der Waals surface area (Å²) in [5, 5.41) is 72.5. The minimum atomic E-state index is -1.72. The third-order valence-corrected chi connectivity index (χ3v) is 14.0. The molecule has 11 atom stereocenters. The number of carbonyl (C=O) groups excluding carboxylic acids is 1. The van der Waals surface area contributed by atoms with Gasteiger partial charge >= 0.3 is 5.97 Å². The largest absolute Gasteiger partial charge is 0.457 e. The summed E-state index contributed by atoms with van der Waals surface area (Å²) in [7, 11) is 0. The van der Waals surface area contributed by atoms with Crippen molar-refractivity contribution < 1.29 is 69.0 Å². The van der Waals surface area contributed by atoms with Gasteiger partial charge in [0.1, 0.15) is 54.9 Å². The zero-order chi connectivity index (χ0) is 58.6. The average Bonchev–Trinajstić information content (AvgIpc) is 3.46. The van der Waals surface area contributed by atoms with Gasteiger partial charge in [-0.3, -0.25) is 4.79 Å². The zero-order valence-electron chi connectivity index (χ0n) is 49.7. The van der Waals surface area contributed by atoms with Crippen molar-refractivity contribution in [1.29, 1.82) is 0 Å². The van der Waals surface area contributed by atoms with Crippen LogP contribution in [0.15, 0.2) is 122 Å². The fourth-order valence-corrected chi connectivity index (χ4v) is 8.98. The van der Waals surface area contributed by atoms with Crippen LogP contribution in [0.4, 0.5) is 0 Å². The van der Waals surface area contributed by atoms with E-state index in [0.717, 1.165) is 109 Å². The second-order valence-corrected chi connectivity index (χ2v) is 21.1. The first-order valence-electron chi connectivity index (χ1n) is 31.1. The minimum absolute atomic E-state index is 0.0323. The molecule has 0 aromatic rings. The Morgan fingerprint density at radius 3 is 1.26 bits per heavy atom.